The number of esters is 1. The average molecular weight is 431 g/mol. The number of nitrogens with one attached hydrogen (secondary N) is 1. The Morgan fingerprint density at radius 3 is 2.80 bits per heavy atom. The van der Waals surface area contributed by atoms with Crippen LogP contribution in [0.2, 0.25) is 0 Å². The first kappa shape index (κ1) is 21.4. The van der Waals surface area contributed by atoms with Crippen molar-refractivity contribution >= 4 is 40.5 Å². The normalized spacial score (nSPS) is 16.0. The molecule has 30 heavy (non-hydrogen) atoms. The number of piperidine rings is 1. The average Bonchev–Trinajstić information content (AvgIpc) is 3.26. The molecule has 1 fully saturated rings. The summed E-state index contributed by atoms with van der Waals surface area (Å²) >= 11 is 1.17. The number of rotatable bonds is 6. The van der Waals surface area contributed by atoms with E-state index in [-0.39, 0.29) is 11.3 Å². The van der Waals surface area contributed by atoms with Crippen LogP contribution in [0.1, 0.15) is 39.8 Å². The second-order valence-corrected chi connectivity index (χ2v) is 8.03. The van der Waals surface area contributed by atoms with Crippen molar-refractivity contribution in [2.75, 3.05) is 24.6 Å². The van der Waals surface area contributed by atoms with Crippen LogP contribution in [-0.2, 0) is 9.53 Å². The molecule has 0 radical (unpaired) electrons. The molecule has 1 aromatic heterocycles. The molecule has 9 nitrogen and oxygen atoms in total. The smallest absolute Gasteiger partial charge is 0.338 e. The minimum Gasteiger partial charge on any atom is -0.452 e. The highest BCUT2D eigenvalue weighted by atomic mass is 32.1. The molecule has 0 spiro atoms. The number of nitrogens with zero attached hydrogens (tertiary/aromatic N) is 2. The van der Waals surface area contributed by atoms with Gasteiger partial charge in [0.15, 0.2) is 6.61 Å². The molecule has 1 atom stereocenters. The van der Waals surface area contributed by atoms with Crippen LogP contribution in [0, 0.1) is 16.0 Å². The van der Waals surface area contributed by atoms with E-state index in [0.717, 1.165) is 18.9 Å². The molecule has 158 valence electrons. The lowest BCUT2D eigenvalue weighted by Gasteiger charge is -2.32. The van der Waals surface area contributed by atoms with Gasteiger partial charge in [-0.05, 0) is 42.3 Å². The number of hydrogen-bond acceptors (Lipinski definition) is 8. The van der Waals surface area contributed by atoms with Crippen molar-refractivity contribution in [3.63, 3.8) is 0 Å². The molecule has 1 aromatic carbocycles. The minimum atomic E-state index is -0.879. The summed E-state index contributed by atoms with van der Waals surface area (Å²) in [5.74, 6) is -1.81. The molecule has 10 heteroatoms. The molecule has 2 heterocycles. The van der Waals surface area contributed by atoms with Crippen LogP contribution < -0.4 is 10.2 Å². The molecule has 0 bridgehead atoms. The molecule has 1 N–H and O–H groups in total. The first-order chi connectivity index (χ1) is 14.3. The molecule has 1 saturated heterocycles. The lowest BCUT2D eigenvalue weighted by Crippen LogP contribution is -2.34. The standard InChI is InChI=1S/C20H21N3O6S/c1-13-4-2-8-22(11-13)15-7-6-14(10-16(15)23(27)28)20(26)29-12-18(24)21-19(25)17-5-3-9-30-17/h3,5-7,9-10,13H,2,4,8,11-12H2,1H3,(H,21,24,25). The van der Waals surface area contributed by atoms with Gasteiger partial charge < -0.3 is 9.64 Å². The third-order valence-electron chi connectivity index (χ3n) is 4.74. The number of thiophene rings is 1. The number of carbonyl (C=O) groups excluding carboxylic acids is 3. The second-order valence-electron chi connectivity index (χ2n) is 7.08. The summed E-state index contributed by atoms with van der Waals surface area (Å²) in [6.45, 7) is 2.85. The van der Waals surface area contributed by atoms with Crippen LogP contribution >= 0.6 is 11.3 Å². The van der Waals surface area contributed by atoms with Gasteiger partial charge >= 0.3 is 5.97 Å². The van der Waals surface area contributed by atoms with Crippen molar-refractivity contribution < 1.29 is 24.0 Å². The van der Waals surface area contributed by atoms with E-state index in [2.05, 4.69) is 12.2 Å². The molecule has 1 unspecified atom stereocenters. The van der Waals surface area contributed by atoms with E-state index >= 15 is 0 Å². The van der Waals surface area contributed by atoms with Gasteiger partial charge in [0.25, 0.3) is 17.5 Å². The van der Waals surface area contributed by atoms with Gasteiger partial charge in [0.2, 0.25) is 0 Å². The highest BCUT2D eigenvalue weighted by Gasteiger charge is 2.25. The Labute approximate surface area is 176 Å². The van der Waals surface area contributed by atoms with E-state index in [9.17, 15) is 24.5 Å². The number of benzene rings is 1. The van der Waals surface area contributed by atoms with E-state index in [4.69, 9.17) is 4.74 Å². The summed E-state index contributed by atoms with van der Waals surface area (Å²) in [7, 11) is 0. The Kier molecular flexibility index (Phi) is 6.78. The molecule has 2 aromatic rings. The Bertz CT molecular complexity index is 959. The number of hydrogen-bond donors (Lipinski definition) is 1. The van der Waals surface area contributed by atoms with Gasteiger partial charge in [-0.3, -0.25) is 25.0 Å². The largest absolute Gasteiger partial charge is 0.452 e. The number of ether oxygens (including phenoxy) is 1. The molecule has 3 rings (SSSR count). The molecule has 2 amide bonds. The first-order valence-electron chi connectivity index (χ1n) is 9.43. The number of nitro benzene ring substituents is 1. The van der Waals surface area contributed by atoms with Crippen LogP contribution in [0.3, 0.4) is 0 Å². The summed E-state index contributed by atoms with van der Waals surface area (Å²) in [4.78, 5) is 49.2. The summed E-state index contributed by atoms with van der Waals surface area (Å²) in [6, 6.07) is 7.37. The summed E-state index contributed by atoms with van der Waals surface area (Å²) < 4.78 is 4.91. The Morgan fingerprint density at radius 2 is 2.13 bits per heavy atom. The monoisotopic (exact) mass is 431 g/mol. The number of amides is 2. The van der Waals surface area contributed by atoms with Crippen molar-refractivity contribution in [1.82, 2.24) is 5.32 Å². The van der Waals surface area contributed by atoms with Gasteiger partial charge in [0, 0.05) is 19.2 Å². The number of nitro groups is 1. The van der Waals surface area contributed by atoms with Crippen molar-refractivity contribution in [1.29, 1.82) is 0 Å². The highest BCUT2D eigenvalue weighted by Crippen LogP contribution is 2.32. The predicted octanol–water partition coefficient (Wildman–Crippen LogP) is 3.01. The quantitative estimate of drug-likeness (QED) is 0.424. The highest BCUT2D eigenvalue weighted by molar-refractivity contribution is 7.12. The van der Waals surface area contributed by atoms with Crippen LogP contribution in [0.4, 0.5) is 11.4 Å². The van der Waals surface area contributed by atoms with Gasteiger partial charge in [0.05, 0.1) is 15.4 Å². The molecule has 0 saturated carbocycles. The fourth-order valence-electron chi connectivity index (χ4n) is 3.32. The maximum absolute atomic E-state index is 12.3. The van der Waals surface area contributed by atoms with E-state index in [1.165, 1.54) is 23.5 Å². The Balaban J connectivity index is 1.64. The van der Waals surface area contributed by atoms with Crippen LogP contribution in [0.5, 0.6) is 0 Å². The van der Waals surface area contributed by atoms with Gasteiger partial charge in [-0.1, -0.05) is 13.0 Å². The van der Waals surface area contributed by atoms with Crippen molar-refractivity contribution in [2.45, 2.75) is 19.8 Å². The van der Waals surface area contributed by atoms with Crippen molar-refractivity contribution in [2.24, 2.45) is 5.92 Å². The van der Waals surface area contributed by atoms with E-state index < -0.39 is 29.3 Å². The Hall–Kier alpha value is -3.27. The predicted molar refractivity (Wildman–Crippen MR) is 111 cm³/mol. The van der Waals surface area contributed by atoms with Crippen LogP contribution in [0.25, 0.3) is 0 Å². The van der Waals surface area contributed by atoms with E-state index in [1.54, 1.807) is 17.5 Å². The lowest BCUT2D eigenvalue weighted by molar-refractivity contribution is -0.384. The van der Waals surface area contributed by atoms with Gasteiger partial charge in [0.1, 0.15) is 5.69 Å². The SMILES string of the molecule is CC1CCCN(c2ccc(C(=O)OCC(=O)NC(=O)c3cccs3)cc2[N+](=O)[O-])C1. The zero-order valence-electron chi connectivity index (χ0n) is 16.3. The van der Waals surface area contributed by atoms with Crippen molar-refractivity contribution in [3.05, 3.63) is 56.3 Å². The second kappa shape index (κ2) is 9.49. The lowest BCUT2D eigenvalue weighted by atomic mass is 9.99. The molecular formula is C20H21N3O6S. The Morgan fingerprint density at radius 1 is 1.33 bits per heavy atom. The zero-order chi connectivity index (χ0) is 21.7. The molecule has 1 aliphatic heterocycles. The van der Waals surface area contributed by atoms with Gasteiger partial charge in [-0.2, -0.15) is 0 Å². The molecule has 1 aliphatic rings. The molecule has 0 aliphatic carbocycles. The summed E-state index contributed by atoms with van der Waals surface area (Å²) in [6.07, 6.45) is 2.02. The fraction of sp³-hybridized carbons (Fsp3) is 0.350. The van der Waals surface area contributed by atoms with E-state index in [0.29, 0.717) is 29.6 Å². The van der Waals surface area contributed by atoms with Crippen molar-refractivity contribution in [3.8, 4) is 0 Å². The summed E-state index contributed by atoms with van der Waals surface area (Å²) in [5, 5.41) is 15.4. The first-order valence-corrected chi connectivity index (χ1v) is 10.3. The molecular weight excluding hydrogens is 410 g/mol. The topological polar surface area (TPSA) is 119 Å². The maximum atomic E-state index is 12.3. The van der Waals surface area contributed by atoms with Crippen LogP contribution in [0.15, 0.2) is 35.7 Å². The minimum absolute atomic E-state index is 0.0344. The third kappa shape index (κ3) is 5.20. The third-order valence-corrected chi connectivity index (χ3v) is 5.61. The fourth-order valence-corrected chi connectivity index (χ4v) is 3.94. The maximum Gasteiger partial charge on any atom is 0.338 e. The van der Waals surface area contributed by atoms with E-state index in [1.807, 2.05) is 4.90 Å². The van der Waals surface area contributed by atoms with Gasteiger partial charge in [-0.25, -0.2) is 4.79 Å². The summed E-state index contributed by atoms with van der Waals surface area (Å²) in [5.41, 5.74) is 0.242. The zero-order valence-corrected chi connectivity index (χ0v) is 17.1. The number of imide groups is 1. The number of carbonyl (C=O) groups is 3. The van der Waals surface area contributed by atoms with Crippen LogP contribution in [-0.4, -0.2) is 42.4 Å². The number of anilines is 1. The van der Waals surface area contributed by atoms with Gasteiger partial charge in [-0.15, -0.1) is 11.3 Å².